The van der Waals surface area contributed by atoms with Gasteiger partial charge in [-0.25, -0.2) is 0 Å². The average molecular weight is 427 g/mol. The zero-order valence-electron chi connectivity index (χ0n) is 15.0. The SMILES string of the molecule is Br.O=C1CN(CCCCCN2CCCCC2)c2ccc([N+](=O)[O-])cc2N1. The number of nitro groups is 1. The summed E-state index contributed by atoms with van der Waals surface area (Å²) < 4.78 is 0. The van der Waals surface area contributed by atoms with Gasteiger partial charge in [-0.15, -0.1) is 17.0 Å². The topological polar surface area (TPSA) is 78.7 Å². The van der Waals surface area contributed by atoms with Crippen LogP contribution in [0.1, 0.15) is 38.5 Å². The minimum Gasteiger partial charge on any atom is -0.361 e. The fourth-order valence-corrected chi connectivity index (χ4v) is 3.66. The first kappa shape index (κ1) is 20.6. The summed E-state index contributed by atoms with van der Waals surface area (Å²) in [4.78, 5) is 26.9. The van der Waals surface area contributed by atoms with Crippen LogP contribution in [0.25, 0.3) is 0 Å². The molecule has 1 N–H and O–H groups in total. The molecule has 2 heterocycles. The van der Waals surface area contributed by atoms with Crippen LogP contribution in [-0.4, -0.2) is 48.5 Å². The van der Waals surface area contributed by atoms with Gasteiger partial charge < -0.3 is 15.1 Å². The summed E-state index contributed by atoms with van der Waals surface area (Å²) in [5.74, 6) is -0.110. The third kappa shape index (κ3) is 5.41. The van der Waals surface area contributed by atoms with E-state index >= 15 is 0 Å². The first-order valence-corrected chi connectivity index (χ1v) is 9.19. The number of likely N-dealkylation sites (tertiary alicyclic amines) is 1. The molecule has 0 saturated carbocycles. The zero-order chi connectivity index (χ0) is 17.6. The molecule has 7 nitrogen and oxygen atoms in total. The third-order valence-electron chi connectivity index (χ3n) is 4.99. The van der Waals surface area contributed by atoms with Crippen molar-refractivity contribution in [2.45, 2.75) is 38.5 Å². The fraction of sp³-hybridized carbons (Fsp3) is 0.611. The number of nitrogens with zero attached hydrogens (tertiary/aromatic N) is 3. The highest BCUT2D eigenvalue weighted by molar-refractivity contribution is 8.93. The average Bonchev–Trinajstić information content (AvgIpc) is 2.61. The van der Waals surface area contributed by atoms with Crippen LogP contribution < -0.4 is 10.2 Å². The molecule has 1 aromatic carbocycles. The molecule has 0 radical (unpaired) electrons. The lowest BCUT2D eigenvalue weighted by Crippen LogP contribution is -2.38. The van der Waals surface area contributed by atoms with Crippen LogP contribution in [0.5, 0.6) is 0 Å². The second-order valence-electron chi connectivity index (χ2n) is 6.89. The van der Waals surface area contributed by atoms with Gasteiger partial charge in [0.15, 0.2) is 0 Å². The molecule has 0 aliphatic carbocycles. The van der Waals surface area contributed by atoms with Gasteiger partial charge in [0.1, 0.15) is 0 Å². The molecule has 8 heteroatoms. The Bertz CT molecular complexity index is 635. The summed E-state index contributed by atoms with van der Waals surface area (Å²) in [6.07, 6.45) is 7.37. The lowest BCUT2D eigenvalue weighted by molar-refractivity contribution is -0.384. The van der Waals surface area contributed by atoms with Gasteiger partial charge in [0, 0.05) is 18.7 Å². The summed E-state index contributed by atoms with van der Waals surface area (Å²) >= 11 is 0. The van der Waals surface area contributed by atoms with Gasteiger partial charge in [-0.1, -0.05) is 12.8 Å². The lowest BCUT2D eigenvalue weighted by Gasteiger charge is -2.31. The van der Waals surface area contributed by atoms with E-state index in [4.69, 9.17) is 0 Å². The Balaban J connectivity index is 0.00000243. The number of hydrogen-bond donors (Lipinski definition) is 1. The Labute approximate surface area is 164 Å². The number of hydrogen-bond acceptors (Lipinski definition) is 5. The molecule has 0 atom stereocenters. The number of anilines is 2. The fourth-order valence-electron chi connectivity index (χ4n) is 3.66. The second kappa shape index (κ2) is 9.87. The number of nitro benzene ring substituents is 1. The van der Waals surface area contributed by atoms with Gasteiger partial charge in [-0.2, -0.15) is 0 Å². The van der Waals surface area contributed by atoms with Gasteiger partial charge in [-0.05, 0) is 51.4 Å². The maximum Gasteiger partial charge on any atom is 0.271 e. The van der Waals surface area contributed by atoms with E-state index in [1.165, 1.54) is 57.5 Å². The summed E-state index contributed by atoms with van der Waals surface area (Å²) in [5.41, 5.74) is 1.42. The van der Waals surface area contributed by atoms with E-state index in [0.717, 1.165) is 25.1 Å². The van der Waals surface area contributed by atoms with Gasteiger partial charge in [0.25, 0.3) is 5.69 Å². The number of nitrogens with one attached hydrogen (secondary N) is 1. The predicted molar refractivity (Wildman–Crippen MR) is 108 cm³/mol. The normalized spacial score (nSPS) is 17.2. The highest BCUT2D eigenvalue weighted by Crippen LogP contribution is 2.33. The van der Waals surface area contributed by atoms with Crippen molar-refractivity contribution in [1.29, 1.82) is 0 Å². The van der Waals surface area contributed by atoms with Gasteiger partial charge in [0.05, 0.1) is 22.8 Å². The molecule has 1 saturated heterocycles. The van der Waals surface area contributed by atoms with Crippen molar-refractivity contribution in [1.82, 2.24) is 4.90 Å². The molecule has 3 rings (SSSR count). The van der Waals surface area contributed by atoms with Crippen LogP contribution in [0.2, 0.25) is 0 Å². The Morgan fingerprint density at radius 3 is 2.54 bits per heavy atom. The van der Waals surface area contributed by atoms with E-state index in [1.807, 2.05) is 4.90 Å². The van der Waals surface area contributed by atoms with Crippen molar-refractivity contribution in [2.75, 3.05) is 42.9 Å². The van der Waals surface area contributed by atoms with Gasteiger partial charge in [0.2, 0.25) is 5.91 Å². The molecule has 2 aliphatic heterocycles. The number of halogens is 1. The van der Waals surface area contributed by atoms with E-state index in [0.29, 0.717) is 12.2 Å². The monoisotopic (exact) mass is 426 g/mol. The second-order valence-corrected chi connectivity index (χ2v) is 6.89. The van der Waals surface area contributed by atoms with Crippen LogP contribution in [0.15, 0.2) is 18.2 Å². The number of carbonyl (C=O) groups is 1. The summed E-state index contributed by atoms with van der Waals surface area (Å²) in [5, 5.41) is 13.6. The quantitative estimate of drug-likeness (QED) is 0.409. The number of piperidine rings is 1. The van der Waals surface area contributed by atoms with Crippen molar-refractivity contribution in [3.8, 4) is 0 Å². The molecule has 1 amide bonds. The van der Waals surface area contributed by atoms with Crippen LogP contribution in [0, 0.1) is 10.1 Å². The van der Waals surface area contributed by atoms with Crippen molar-refractivity contribution in [3.05, 3.63) is 28.3 Å². The molecule has 0 spiro atoms. The minimum atomic E-state index is -0.439. The number of rotatable bonds is 7. The molecule has 0 unspecified atom stereocenters. The molecule has 1 aromatic rings. The van der Waals surface area contributed by atoms with E-state index < -0.39 is 4.92 Å². The zero-order valence-corrected chi connectivity index (χ0v) is 16.7. The summed E-state index contributed by atoms with van der Waals surface area (Å²) in [7, 11) is 0. The number of non-ortho nitro benzene ring substituents is 1. The molecule has 26 heavy (non-hydrogen) atoms. The Morgan fingerprint density at radius 2 is 1.81 bits per heavy atom. The van der Waals surface area contributed by atoms with Gasteiger partial charge >= 0.3 is 0 Å². The largest absolute Gasteiger partial charge is 0.361 e. The summed E-state index contributed by atoms with van der Waals surface area (Å²) in [6, 6.07) is 4.68. The lowest BCUT2D eigenvalue weighted by atomic mass is 10.1. The highest BCUT2D eigenvalue weighted by Gasteiger charge is 2.23. The Kier molecular flexibility index (Phi) is 7.84. The number of fused-ring (bicyclic) bond motifs is 1. The first-order chi connectivity index (χ1) is 12.1. The van der Waals surface area contributed by atoms with Crippen LogP contribution in [0.4, 0.5) is 17.1 Å². The number of unbranched alkanes of at least 4 members (excludes halogenated alkanes) is 2. The molecule has 2 aliphatic rings. The van der Waals surface area contributed by atoms with Crippen molar-refractivity contribution >= 4 is 40.0 Å². The molecular formula is C18H27BrN4O3. The number of benzene rings is 1. The highest BCUT2D eigenvalue weighted by atomic mass is 79.9. The van der Waals surface area contributed by atoms with E-state index in [2.05, 4.69) is 10.2 Å². The summed E-state index contributed by atoms with van der Waals surface area (Å²) in [6.45, 7) is 4.76. The number of carbonyl (C=O) groups excluding carboxylic acids is 1. The Morgan fingerprint density at radius 1 is 1.08 bits per heavy atom. The van der Waals surface area contributed by atoms with Crippen molar-refractivity contribution in [2.24, 2.45) is 0 Å². The molecule has 0 bridgehead atoms. The van der Waals surface area contributed by atoms with Crippen molar-refractivity contribution < 1.29 is 9.72 Å². The van der Waals surface area contributed by atoms with Crippen molar-refractivity contribution in [3.63, 3.8) is 0 Å². The van der Waals surface area contributed by atoms with E-state index in [-0.39, 0.29) is 28.6 Å². The van der Waals surface area contributed by atoms with E-state index in [9.17, 15) is 14.9 Å². The first-order valence-electron chi connectivity index (χ1n) is 9.19. The van der Waals surface area contributed by atoms with Crippen LogP contribution in [0.3, 0.4) is 0 Å². The molecular weight excluding hydrogens is 400 g/mol. The standard InChI is InChI=1S/C18H26N4O3.BrH/c23-18-14-21(12-6-2-5-11-20-9-3-1-4-10-20)17-8-7-15(22(24)25)13-16(17)19-18;/h7-8,13H,1-6,9-12,14H2,(H,19,23);1H. The maximum absolute atomic E-state index is 11.9. The maximum atomic E-state index is 11.9. The Hall–Kier alpha value is -1.67. The van der Waals surface area contributed by atoms with Crippen LogP contribution >= 0.6 is 17.0 Å². The minimum absolute atomic E-state index is 0. The predicted octanol–water partition coefficient (Wildman–Crippen LogP) is 3.59. The van der Waals surface area contributed by atoms with E-state index in [1.54, 1.807) is 6.07 Å². The molecule has 144 valence electrons. The molecule has 1 fully saturated rings. The molecule has 0 aromatic heterocycles. The van der Waals surface area contributed by atoms with Crippen LogP contribution in [-0.2, 0) is 4.79 Å². The third-order valence-corrected chi connectivity index (χ3v) is 4.99. The van der Waals surface area contributed by atoms with Gasteiger partial charge in [-0.3, -0.25) is 14.9 Å². The number of amides is 1. The smallest absolute Gasteiger partial charge is 0.271 e.